The molecule has 1 fully saturated rings. The summed E-state index contributed by atoms with van der Waals surface area (Å²) >= 11 is 0. The number of rotatable bonds is 2. The van der Waals surface area contributed by atoms with E-state index in [4.69, 9.17) is 0 Å². The minimum absolute atomic E-state index is 0.0758. The molecule has 0 atom stereocenters. The topological polar surface area (TPSA) is 71.8 Å². The highest BCUT2D eigenvalue weighted by Gasteiger charge is 2.26. The second-order valence-electron chi connectivity index (χ2n) is 3.37. The van der Waals surface area contributed by atoms with E-state index in [1.54, 1.807) is 0 Å². The molecular formula is C8H11N3O2. The van der Waals surface area contributed by atoms with Gasteiger partial charge in [0, 0.05) is 5.92 Å². The van der Waals surface area contributed by atoms with Crippen LogP contribution >= 0.6 is 0 Å². The summed E-state index contributed by atoms with van der Waals surface area (Å²) in [5.74, 6) is 0.374. The molecule has 5 heteroatoms. The Balaban J connectivity index is 2.28. The van der Waals surface area contributed by atoms with E-state index >= 15 is 0 Å². The van der Waals surface area contributed by atoms with Gasteiger partial charge >= 0.3 is 5.82 Å². The lowest BCUT2D eigenvalue weighted by molar-refractivity contribution is -0.390. The summed E-state index contributed by atoms with van der Waals surface area (Å²) in [6.07, 6.45) is 5.80. The molecular weight excluding hydrogens is 170 g/mol. The molecule has 5 nitrogen and oxygen atoms in total. The zero-order valence-corrected chi connectivity index (χ0v) is 7.19. The van der Waals surface area contributed by atoms with Crippen LogP contribution in [0.3, 0.4) is 0 Å². The Labute approximate surface area is 75.3 Å². The molecule has 0 saturated heterocycles. The Kier molecular flexibility index (Phi) is 2.00. The first-order valence-corrected chi connectivity index (χ1v) is 4.46. The first-order chi connectivity index (χ1) is 6.29. The highest BCUT2D eigenvalue weighted by Crippen LogP contribution is 2.36. The molecule has 70 valence electrons. The van der Waals surface area contributed by atoms with E-state index in [0.717, 1.165) is 25.7 Å². The van der Waals surface area contributed by atoms with Crippen molar-refractivity contribution >= 4 is 5.82 Å². The number of aromatic amines is 1. The highest BCUT2D eigenvalue weighted by atomic mass is 16.6. The number of imidazole rings is 1. The lowest BCUT2D eigenvalue weighted by Crippen LogP contribution is -1.98. The van der Waals surface area contributed by atoms with Crippen LogP contribution in [-0.2, 0) is 0 Å². The Morgan fingerprint density at radius 1 is 1.54 bits per heavy atom. The van der Waals surface area contributed by atoms with E-state index < -0.39 is 0 Å². The van der Waals surface area contributed by atoms with Crippen LogP contribution in [0.5, 0.6) is 0 Å². The molecule has 0 bridgehead atoms. The number of nitro groups is 1. The van der Waals surface area contributed by atoms with Gasteiger partial charge < -0.3 is 10.1 Å². The fourth-order valence-corrected chi connectivity index (χ4v) is 1.94. The molecule has 1 N–H and O–H groups in total. The fourth-order valence-electron chi connectivity index (χ4n) is 1.94. The summed E-state index contributed by atoms with van der Waals surface area (Å²) < 4.78 is 0. The fraction of sp³-hybridized carbons (Fsp3) is 0.625. The van der Waals surface area contributed by atoms with Gasteiger partial charge in [-0.15, -0.1) is 0 Å². The quantitative estimate of drug-likeness (QED) is 0.560. The maximum absolute atomic E-state index is 10.6. The third-order valence-corrected chi connectivity index (χ3v) is 2.57. The van der Waals surface area contributed by atoms with Crippen molar-refractivity contribution in [3.8, 4) is 0 Å². The van der Waals surface area contributed by atoms with Crippen LogP contribution < -0.4 is 0 Å². The molecule has 0 aromatic carbocycles. The lowest BCUT2D eigenvalue weighted by atomic mass is 10.0. The van der Waals surface area contributed by atoms with Crippen molar-refractivity contribution in [2.24, 2.45) is 0 Å². The van der Waals surface area contributed by atoms with Crippen molar-refractivity contribution < 1.29 is 4.92 Å². The smallest absolute Gasteiger partial charge is 0.343 e. The molecule has 2 rings (SSSR count). The molecule has 1 heterocycles. The predicted molar refractivity (Wildman–Crippen MR) is 46.5 cm³/mol. The van der Waals surface area contributed by atoms with Gasteiger partial charge in [0.05, 0.1) is 0 Å². The summed E-state index contributed by atoms with van der Waals surface area (Å²) in [6.45, 7) is 0. The Morgan fingerprint density at radius 3 is 2.85 bits per heavy atom. The van der Waals surface area contributed by atoms with Crippen molar-refractivity contribution in [2.45, 2.75) is 31.6 Å². The van der Waals surface area contributed by atoms with Crippen LogP contribution in [0.25, 0.3) is 0 Å². The summed E-state index contributed by atoms with van der Waals surface area (Å²) in [6, 6.07) is 0. The molecule has 0 amide bonds. The average molecular weight is 181 g/mol. The molecule has 1 saturated carbocycles. The van der Waals surface area contributed by atoms with E-state index in [1.165, 1.54) is 6.33 Å². The zero-order chi connectivity index (χ0) is 9.26. The summed E-state index contributed by atoms with van der Waals surface area (Å²) in [7, 11) is 0. The minimum Gasteiger partial charge on any atom is -0.358 e. The maximum Gasteiger partial charge on any atom is 0.343 e. The van der Waals surface area contributed by atoms with Crippen LogP contribution in [-0.4, -0.2) is 14.9 Å². The third-order valence-electron chi connectivity index (χ3n) is 2.57. The third kappa shape index (κ3) is 1.41. The van der Waals surface area contributed by atoms with Crippen LogP contribution in [0.1, 0.15) is 37.3 Å². The summed E-state index contributed by atoms with van der Waals surface area (Å²) in [4.78, 5) is 16.8. The normalized spacial score (nSPS) is 17.8. The summed E-state index contributed by atoms with van der Waals surface area (Å²) in [5, 5.41) is 10.6. The number of nitrogens with one attached hydrogen (secondary N) is 1. The van der Waals surface area contributed by atoms with Gasteiger partial charge in [-0.25, -0.2) is 9.97 Å². The first-order valence-electron chi connectivity index (χ1n) is 4.46. The zero-order valence-electron chi connectivity index (χ0n) is 7.19. The van der Waals surface area contributed by atoms with Crippen molar-refractivity contribution in [1.82, 2.24) is 9.97 Å². The van der Waals surface area contributed by atoms with Crippen LogP contribution in [0, 0.1) is 10.1 Å². The van der Waals surface area contributed by atoms with Gasteiger partial charge in [-0.05, 0) is 17.8 Å². The van der Waals surface area contributed by atoms with Crippen molar-refractivity contribution in [3.05, 3.63) is 22.1 Å². The van der Waals surface area contributed by atoms with E-state index in [0.29, 0.717) is 11.6 Å². The molecule has 0 spiro atoms. The SMILES string of the molecule is O=[N+]([O-])c1[nH]cnc1C1CCCC1. The van der Waals surface area contributed by atoms with E-state index in [1.807, 2.05) is 0 Å². The Morgan fingerprint density at radius 2 is 2.23 bits per heavy atom. The van der Waals surface area contributed by atoms with Gasteiger partial charge in [0.25, 0.3) is 0 Å². The van der Waals surface area contributed by atoms with E-state index in [2.05, 4.69) is 9.97 Å². The van der Waals surface area contributed by atoms with Gasteiger partial charge in [0.1, 0.15) is 5.69 Å². The van der Waals surface area contributed by atoms with Crippen molar-refractivity contribution in [3.63, 3.8) is 0 Å². The molecule has 0 aliphatic heterocycles. The second-order valence-corrected chi connectivity index (χ2v) is 3.37. The molecule has 1 aromatic rings. The number of hydrogen-bond acceptors (Lipinski definition) is 3. The standard InChI is InChI=1S/C8H11N3O2/c12-11(13)8-7(9-5-10-8)6-3-1-2-4-6/h5-6H,1-4H2,(H,9,10). The van der Waals surface area contributed by atoms with Crippen LogP contribution in [0.4, 0.5) is 5.82 Å². The van der Waals surface area contributed by atoms with Gasteiger partial charge in [0.15, 0.2) is 6.33 Å². The highest BCUT2D eigenvalue weighted by molar-refractivity contribution is 5.29. The Bertz CT molecular complexity index is 315. The molecule has 0 unspecified atom stereocenters. The van der Waals surface area contributed by atoms with Crippen molar-refractivity contribution in [2.75, 3.05) is 0 Å². The second kappa shape index (κ2) is 3.16. The van der Waals surface area contributed by atoms with E-state index in [-0.39, 0.29) is 10.7 Å². The Hall–Kier alpha value is -1.39. The maximum atomic E-state index is 10.6. The molecule has 1 aromatic heterocycles. The first kappa shape index (κ1) is 8.22. The number of aromatic nitrogens is 2. The largest absolute Gasteiger partial charge is 0.358 e. The number of nitrogens with zero attached hydrogens (tertiary/aromatic N) is 2. The van der Waals surface area contributed by atoms with E-state index in [9.17, 15) is 10.1 Å². The molecule has 0 radical (unpaired) electrons. The van der Waals surface area contributed by atoms with Crippen molar-refractivity contribution in [1.29, 1.82) is 0 Å². The summed E-state index contributed by atoms with van der Waals surface area (Å²) in [5.41, 5.74) is 0.641. The molecule has 13 heavy (non-hydrogen) atoms. The number of hydrogen-bond donors (Lipinski definition) is 1. The molecule has 1 aliphatic rings. The van der Waals surface area contributed by atoms with Crippen LogP contribution in [0.2, 0.25) is 0 Å². The monoisotopic (exact) mass is 181 g/mol. The van der Waals surface area contributed by atoms with Gasteiger partial charge in [-0.3, -0.25) is 0 Å². The van der Waals surface area contributed by atoms with Crippen LogP contribution in [0.15, 0.2) is 6.33 Å². The number of H-pyrrole nitrogens is 1. The minimum atomic E-state index is -0.388. The van der Waals surface area contributed by atoms with Gasteiger partial charge in [-0.1, -0.05) is 12.8 Å². The average Bonchev–Trinajstić information content (AvgIpc) is 2.74. The molecule has 1 aliphatic carbocycles. The predicted octanol–water partition coefficient (Wildman–Crippen LogP) is 1.98. The lowest BCUT2D eigenvalue weighted by Gasteiger charge is -2.03. The van der Waals surface area contributed by atoms with Gasteiger partial charge in [-0.2, -0.15) is 0 Å². The van der Waals surface area contributed by atoms with Gasteiger partial charge in [0.2, 0.25) is 0 Å².